The molecule has 0 unspecified atom stereocenters. The Balaban J connectivity index is 1.93. The quantitative estimate of drug-likeness (QED) is 0.679. The molecule has 2 aliphatic rings. The summed E-state index contributed by atoms with van der Waals surface area (Å²) in [5.41, 5.74) is 7.47. The Morgan fingerprint density at radius 1 is 0.950 bits per heavy atom. The summed E-state index contributed by atoms with van der Waals surface area (Å²) in [6.07, 6.45) is 13.1. The van der Waals surface area contributed by atoms with Crippen LogP contribution in [0, 0.1) is 0 Å². The molecule has 2 aromatic rings. The molecular weight excluding hydrogens is 240 g/mol. The average molecular weight is 260 g/mol. The van der Waals surface area contributed by atoms with Crippen molar-refractivity contribution < 1.29 is 0 Å². The van der Waals surface area contributed by atoms with Gasteiger partial charge in [0.15, 0.2) is 0 Å². The first-order chi connectivity index (χ1) is 9.86. The lowest BCUT2D eigenvalue weighted by molar-refractivity contribution is 0.775. The molecule has 0 fully saturated rings. The molecule has 0 spiro atoms. The molecule has 20 heavy (non-hydrogen) atoms. The standard InChI is InChI=1S/C20H20/c1-2-3-5-14-12-17-10-8-15-6-4-7-16-9-11-18(13-14)20(17)19(15)16/h4,6,8-11,13H,2-3,5,7,12H2,1H3. The summed E-state index contributed by atoms with van der Waals surface area (Å²) in [5, 5.41) is 3.03. The van der Waals surface area contributed by atoms with Crippen LogP contribution in [0.2, 0.25) is 0 Å². The van der Waals surface area contributed by atoms with Crippen LogP contribution in [0.3, 0.4) is 0 Å². The first-order valence-electron chi connectivity index (χ1n) is 7.80. The largest absolute Gasteiger partial charge is 0.0795 e. The molecule has 0 N–H and O–H groups in total. The van der Waals surface area contributed by atoms with E-state index in [1.807, 2.05) is 0 Å². The second-order valence-corrected chi connectivity index (χ2v) is 6.07. The molecule has 4 rings (SSSR count). The topological polar surface area (TPSA) is 0 Å². The highest BCUT2D eigenvalue weighted by atomic mass is 14.2. The summed E-state index contributed by atoms with van der Waals surface area (Å²) in [5.74, 6) is 0. The maximum Gasteiger partial charge on any atom is -0.00574 e. The van der Waals surface area contributed by atoms with Crippen LogP contribution in [0.15, 0.2) is 35.9 Å². The zero-order chi connectivity index (χ0) is 13.5. The normalized spacial score (nSPS) is 15.6. The van der Waals surface area contributed by atoms with Crippen LogP contribution in [0.25, 0.3) is 22.9 Å². The molecule has 0 nitrogen and oxygen atoms in total. The summed E-state index contributed by atoms with van der Waals surface area (Å²) in [6.45, 7) is 2.27. The second-order valence-electron chi connectivity index (χ2n) is 6.07. The van der Waals surface area contributed by atoms with Crippen LogP contribution in [0.5, 0.6) is 0 Å². The van der Waals surface area contributed by atoms with Crippen LogP contribution < -0.4 is 0 Å². The minimum Gasteiger partial charge on any atom is -0.0795 e. The van der Waals surface area contributed by atoms with Crippen molar-refractivity contribution in [1.29, 1.82) is 0 Å². The lowest BCUT2D eigenvalue weighted by Gasteiger charge is -2.22. The maximum atomic E-state index is 2.45. The Morgan fingerprint density at radius 3 is 2.65 bits per heavy atom. The van der Waals surface area contributed by atoms with Crippen LogP contribution in [0.1, 0.15) is 48.4 Å². The number of rotatable bonds is 3. The van der Waals surface area contributed by atoms with Gasteiger partial charge in [-0.2, -0.15) is 0 Å². The van der Waals surface area contributed by atoms with E-state index in [2.05, 4.69) is 49.4 Å². The van der Waals surface area contributed by atoms with Gasteiger partial charge in [0.25, 0.3) is 0 Å². The second kappa shape index (κ2) is 4.63. The van der Waals surface area contributed by atoms with Gasteiger partial charge in [0.05, 0.1) is 0 Å². The van der Waals surface area contributed by atoms with Gasteiger partial charge >= 0.3 is 0 Å². The monoisotopic (exact) mass is 260 g/mol. The number of allylic oxidation sites excluding steroid dienone is 2. The molecule has 0 heteroatoms. The highest BCUT2D eigenvalue weighted by Crippen LogP contribution is 2.38. The van der Waals surface area contributed by atoms with Crippen LogP contribution in [0.4, 0.5) is 0 Å². The molecule has 0 radical (unpaired) electrons. The Morgan fingerprint density at radius 2 is 1.75 bits per heavy atom. The predicted octanol–water partition coefficient (Wildman–Crippen LogP) is 5.54. The van der Waals surface area contributed by atoms with E-state index < -0.39 is 0 Å². The van der Waals surface area contributed by atoms with E-state index >= 15 is 0 Å². The summed E-state index contributed by atoms with van der Waals surface area (Å²) < 4.78 is 0. The van der Waals surface area contributed by atoms with Gasteiger partial charge in [-0.25, -0.2) is 0 Å². The number of hydrogen-bond donors (Lipinski definition) is 0. The van der Waals surface area contributed by atoms with Gasteiger partial charge in [0.2, 0.25) is 0 Å². The molecule has 0 aliphatic heterocycles. The third-order valence-electron chi connectivity index (χ3n) is 4.66. The lowest BCUT2D eigenvalue weighted by Crippen LogP contribution is -2.03. The third-order valence-corrected chi connectivity index (χ3v) is 4.66. The molecular formula is C20H20. The molecule has 0 aromatic heterocycles. The predicted molar refractivity (Wildman–Crippen MR) is 87.9 cm³/mol. The van der Waals surface area contributed by atoms with Crippen molar-refractivity contribution in [3.8, 4) is 0 Å². The maximum absolute atomic E-state index is 2.45. The minimum atomic E-state index is 1.08. The van der Waals surface area contributed by atoms with Gasteiger partial charge in [-0.1, -0.05) is 61.4 Å². The summed E-state index contributed by atoms with van der Waals surface area (Å²) in [6, 6.07) is 9.31. The van der Waals surface area contributed by atoms with E-state index in [4.69, 9.17) is 0 Å². The zero-order valence-electron chi connectivity index (χ0n) is 12.1. The summed E-state index contributed by atoms with van der Waals surface area (Å²) in [7, 11) is 0. The molecule has 0 heterocycles. The minimum absolute atomic E-state index is 1.08. The van der Waals surface area contributed by atoms with Crippen molar-refractivity contribution in [2.45, 2.75) is 39.0 Å². The number of benzene rings is 2. The van der Waals surface area contributed by atoms with E-state index in [9.17, 15) is 0 Å². The molecule has 0 atom stereocenters. The van der Waals surface area contributed by atoms with Gasteiger partial charge in [-0.15, -0.1) is 0 Å². The van der Waals surface area contributed by atoms with E-state index in [1.165, 1.54) is 52.3 Å². The van der Waals surface area contributed by atoms with Gasteiger partial charge < -0.3 is 0 Å². The van der Waals surface area contributed by atoms with E-state index in [-0.39, 0.29) is 0 Å². The molecule has 2 aliphatic carbocycles. The Labute approximate surface area is 120 Å². The fraction of sp³-hybridized carbons (Fsp3) is 0.300. The molecule has 0 saturated carbocycles. The molecule has 0 saturated heterocycles. The van der Waals surface area contributed by atoms with E-state index in [0.29, 0.717) is 0 Å². The summed E-state index contributed by atoms with van der Waals surface area (Å²) >= 11 is 0. The fourth-order valence-electron chi connectivity index (χ4n) is 3.66. The van der Waals surface area contributed by atoms with Crippen LogP contribution >= 0.6 is 0 Å². The van der Waals surface area contributed by atoms with Crippen molar-refractivity contribution in [1.82, 2.24) is 0 Å². The highest BCUT2D eigenvalue weighted by molar-refractivity contribution is 6.03. The van der Waals surface area contributed by atoms with Gasteiger partial charge in [0, 0.05) is 0 Å². The molecule has 100 valence electrons. The van der Waals surface area contributed by atoms with Crippen molar-refractivity contribution in [3.63, 3.8) is 0 Å². The van der Waals surface area contributed by atoms with Gasteiger partial charge in [-0.05, 0) is 58.7 Å². The summed E-state index contributed by atoms with van der Waals surface area (Å²) in [4.78, 5) is 0. The van der Waals surface area contributed by atoms with Crippen molar-refractivity contribution in [2.75, 3.05) is 0 Å². The van der Waals surface area contributed by atoms with Crippen molar-refractivity contribution in [3.05, 3.63) is 58.2 Å². The van der Waals surface area contributed by atoms with Gasteiger partial charge in [0.1, 0.15) is 0 Å². The van der Waals surface area contributed by atoms with E-state index in [0.717, 1.165) is 12.8 Å². The number of hydrogen-bond acceptors (Lipinski definition) is 0. The first-order valence-corrected chi connectivity index (χ1v) is 7.80. The average Bonchev–Trinajstić information content (AvgIpc) is 2.50. The number of unbranched alkanes of at least 4 members (excludes halogenated alkanes) is 1. The Hall–Kier alpha value is -1.82. The van der Waals surface area contributed by atoms with E-state index in [1.54, 1.807) is 5.57 Å². The van der Waals surface area contributed by atoms with Crippen molar-refractivity contribution in [2.24, 2.45) is 0 Å². The molecule has 0 amide bonds. The van der Waals surface area contributed by atoms with Crippen LogP contribution in [-0.4, -0.2) is 0 Å². The Kier molecular flexibility index (Phi) is 2.77. The lowest BCUT2D eigenvalue weighted by atomic mass is 9.82. The molecule has 0 bridgehead atoms. The third kappa shape index (κ3) is 1.75. The Bertz CT molecular complexity index is 744. The fourth-order valence-corrected chi connectivity index (χ4v) is 3.66. The first kappa shape index (κ1) is 12.0. The SMILES string of the molecule is CCCCC1=Cc2ccc3c4c(ccc(c24)C1)C=CC3. The molecule has 2 aromatic carbocycles. The van der Waals surface area contributed by atoms with Gasteiger partial charge in [-0.3, -0.25) is 0 Å². The zero-order valence-corrected chi connectivity index (χ0v) is 12.1. The highest BCUT2D eigenvalue weighted by Gasteiger charge is 2.18. The van der Waals surface area contributed by atoms with Crippen LogP contribution in [-0.2, 0) is 12.8 Å². The smallest absolute Gasteiger partial charge is 0.00574 e. The van der Waals surface area contributed by atoms with Crippen molar-refractivity contribution >= 4 is 22.9 Å².